The molecule has 1 heterocycles. The zero-order valence-corrected chi connectivity index (χ0v) is 21.9. The molecule has 0 aliphatic heterocycles. The average molecular weight is 486 g/mol. The lowest BCUT2D eigenvalue weighted by molar-refractivity contribution is 0.0994. The molecule has 1 aromatic heterocycles. The number of benzene rings is 3. The van der Waals surface area contributed by atoms with Crippen LogP contribution in [0.25, 0.3) is 17.1 Å². The van der Waals surface area contributed by atoms with Crippen LogP contribution in [0.4, 0.5) is 0 Å². The molecule has 3 aromatic carbocycles. The highest BCUT2D eigenvalue weighted by Gasteiger charge is 2.23. The Kier molecular flexibility index (Phi) is 7.13. The van der Waals surface area contributed by atoms with Crippen molar-refractivity contribution in [3.63, 3.8) is 0 Å². The summed E-state index contributed by atoms with van der Waals surface area (Å²) >= 11 is 1.41. The second-order valence-electron chi connectivity index (χ2n) is 9.66. The maximum Gasteiger partial charge on any atom is 0.196 e. The van der Waals surface area contributed by atoms with E-state index in [0.717, 1.165) is 28.4 Å². The summed E-state index contributed by atoms with van der Waals surface area (Å²) in [6.45, 7) is 10.5. The fraction of sp³-hybridized carbons (Fsp3) is 0.276. The molecule has 6 heteroatoms. The van der Waals surface area contributed by atoms with Crippen molar-refractivity contribution in [2.24, 2.45) is 0 Å². The van der Waals surface area contributed by atoms with E-state index in [1.807, 2.05) is 66.9 Å². The van der Waals surface area contributed by atoms with Crippen molar-refractivity contribution < 1.29 is 9.53 Å². The molecular weight excluding hydrogens is 454 g/mol. The Balaban J connectivity index is 1.72. The largest absolute Gasteiger partial charge is 0.497 e. The van der Waals surface area contributed by atoms with Gasteiger partial charge in [0.15, 0.2) is 16.8 Å². The van der Waals surface area contributed by atoms with Gasteiger partial charge in [0.05, 0.1) is 12.4 Å². The van der Waals surface area contributed by atoms with E-state index < -0.39 is 0 Å². The van der Waals surface area contributed by atoms with Crippen LogP contribution in [0.2, 0.25) is 0 Å². The Labute approximate surface area is 211 Å². The number of ether oxygens (including phenoxy) is 1. The number of hydrogen-bond acceptors (Lipinski definition) is 5. The topological polar surface area (TPSA) is 57.0 Å². The number of Topliss-reactive ketones (excluding diaryl/α,β-unsaturated/α-hetero) is 1. The van der Waals surface area contributed by atoms with Crippen LogP contribution in [0.5, 0.6) is 5.75 Å². The van der Waals surface area contributed by atoms with Crippen LogP contribution in [-0.4, -0.2) is 32.9 Å². The summed E-state index contributed by atoms with van der Waals surface area (Å²) in [5.74, 6) is 1.57. The molecule has 0 spiro atoms. The highest BCUT2D eigenvalue weighted by atomic mass is 32.2. The SMILES string of the molecule is COc1ccc(-n2c(S[C@H](C)C(=O)c3ccc(C)cc3)nnc2-c2ccc(C(C)(C)C)cc2)cc1. The number of aromatic nitrogens is 3. The Morgan fingerprint density at radius 3 is 2.11 bits per heavy atom. The van der Waals surface area contributed by atoms with E-state index in [1.54, 1.807) is 7.11 Å². The molecule has 0 aliphatic carbocycles. The summed E-state index contributed by atoms with van der Waals surface area (Å²) in [6.07, 6.45) is 0. The third-order valence-electron chi connectivity index (χ3n) is 5.96. The minimum absolute atomic E-state index is 0.0645. The van der Waals surface area contributed by atoms with Gasteiger partial charge in [-0.1, -0.05) is 86.6 Å². The van der Waals surface area contributed by atoms with Gasteiger partial charge >= 0.3 is 0 Å². The van der Waals surface area contributed by atoms with Gasteiger partial charge in [-0.3, -0.25) is 9.36 Å². The van der Waals surface area contributed by atoms with Crippen LogP contribution in [0.1, 0.15) is 49.2 Å². The third-order valence-corrected chi connectivity index (χ3v) is 7.00. The summed E-state index contributed by atoms with van der Waals surface area (Å²) in [5.41, 5.74) is 5.01. The summed E-state index contributed by atoms with van der Waals surface area (Å²) < 4.78 is 7.35. The van der Waals surface area contributed by atoms with Gasteiger partial charge in [-0.2, -0.15) is 0 Å². The van der Waals surface area contributed by atoms with Crippen LogP contribution in [-0.2, 0) is 5.41 Å². The van der Waals surface area contributed by atoms with Crippen molar-refractivity contribution >= 4 is 17.5 Å². The second kappa shape index (κ2) is 10.1. The summed E-state index contributed by atoms with van der Waals surface area (Å²) in [7, 11) is 1.65. The molecule has 180 valence electrons. The molecule has 0 bridgehead atoms. The van der Waals surface area contributed by atoms with E-state index >= 15 is 0 Å². The Morgan fingerprint density at radius 1 is 0.914 bits per heavy atom. The number of nitrogens with zero attached hydrogens (tertiary/aromatic N) is 3. The second-order valence-corrected chi connectivity index (χ2v) is 11.0. The van der Waals surface area contributed by atoms with E-state index in [0.29, 0.717) is 10.7 Å². The zero-order chi connectivity index (χ0) is 25.2. The smallest absolute Gasteiger partial charge is 0.196 e. The molecule has 5 nitrogen and oxygen atoms in total. The molecule has 0 aliphatic rings. The number of rotatable bonds is 7. The van der Waals surface area contributed by atoms with E-state index in [9.17, 15) is 4.79 Å². The lowest BCUT2D eigenvalue weighted by Gasteiger charge is -2.19. The standard InChI is InChI=1S/C29H31N3O2S/c1-19-7-9-21(10-8-19)26(33)20(2)35-28-31-30-27(22-11-13-23(14-12-22)29(3,4)5)32(28)24-15-17-25(34-6)18-16-24/h7-18,20H,1-6H3/t20-/m1/s1. The number of carbonyl (C=O) groups is 1. The van der Waals surface area contributed by atoms with Gasteiger partial charge in [0.1, 0.15) is 5.75 Å². The number of carbonyl (C=O) groups excluding carboxylic acids is 1. The van der Waals surface area contributed by atoms with Gasteiger partial charge in [-0.15, -0.1) is 10.2 Å². The van der Waals surface area contributed by atoms with Crippen LogP contribution in [0.15, 0.2) is 78.0 Å². The lowest BCUT2D eigenvalue weighted by atomic mass is 9.87. The fourth-order valence-corrected chi connectivity index (χ4v) is 4.73. The fourth-order valence-electron chi connectivity index (χ4n) is 3.78. The van der Waals surface area contributed by atoms with E-state index in [1.165, 1.54) is 17.3 Å². The number of aryl methyl sites for hydroxylation is 1. The third kappa shape index (κ3) is 5.49. The molecule has 4 aromatic rings. The number of hydrogen-bond donors (Lipinski definition) is 0. The molecule has 0 amide bonds. The van der Waals surface area contributed by atoms with Gasteiger partial charge in [0.2, 0.25) is 0 Å². The molecule has 0 radical (unpaired) electrons. The van der Waals surface area contributed by atoms with E-state index in [4.69, 9.17) is 4.74 Å². The minimum atomic E-state index is -0.324. The Morgan fingerprint density at radius 2 is 1.54 bits per heavy atom. The van der Waals surface area contributed by atoms with Crippen molar-refractivity contribution in [2.75, 3.05) is 7.11 Å². The lowest BCUT2D eigenvalue weighted by Crippen LogP contribution is -2.14. The summed E-state index contributed by atoms with van der Waals surface area (Å²) in [4.78, 5) is 13.1. The van der Waals surface area contributed by atoms with E-state index in [-0.39, 0.29) is 16.4 Å². The molecule has 0 saturated heterocycles. The number of methoxy groups -OCH3 is 1. The first kappa shape index (κ1) is 24.7. The van der Waals surface area contributed by atoms with Crippen molar-refractivity contribution in [1.29, 1.82) is 0 Å². The molecule has 0 N–H and O–H groups in total. The van der Waals surface area contributed by atoms with Crippen LogP contribution in [0, 0.1) is 6.92 Å². The molecule has 35 heavy (non-hydrogen) atoms. The molecule has 1 atom stereocenters. The molecule has 0 fully saturated rings. The predicted molar refractivity (Wildman–Crippen MR) is 143 cm³/mol. The highest BCUT2D eigenvalue weighted by Crippen LogP contribution is 2.33. The molecule has 0 unspecified atom stereocenters. The first-order chi connectivity index (χ1) is 16.7. The van der Waals surface area contributed by atoms with Crippen molar-refractivity contribution in [1.82, 2.24) is 14.8 Å². The van der Waals surface area contributed by atoms with Crippen molar-refractivity contribution in [2.45, 2.75) is 50.4 Å². The average Bonchev–Trinajstić information content (AvgIpc) is 3.27. The monoisotopic (exact) mass is 485 g/mol. The molecular formula is C29H31N3O2S. The first-order valence-corrected chi connectivity index (χ1v) is 12.5. The van der Waals surface area contributed by atoms with E-state index in [2.05, 4.69) is 55.2 Å². The molecule has 4 rings (SSSR count). The van der Waals surface area contributed by atoms with Gasteiger partial charge in [-0.05, 0) is 49.1 Å². The Hall–Kier alpha value is -3.38. The van der Waals surface area contributed by atoms with Crippen molar-refractivity contribution in [3.05, 3.63) is 89.5 Å². The van der Waals surface area contributed by atoms with Gasteiger partial charge in [-0.25, -0.2) is 0 Å². The quantitative estimate of drug-likeness (QED) is 0.210. The molecule has 0 saturated carbocycles. The maximum atomic E-state index is 13.1. The minimum Gasteiger partial charge on any atom is -0.497 e. The van der Waals surface area contributed by atoms with Crippen LogP contribution in [0.3, 0.4) is 0 Å². The predicted octanol–water partition coefficient (Wildman–Crippen LogP) is 6.91. The maximum absolute atomic E-state index is 13.1. The zero-order valence-electron chi connectivity index (χ0n) is 21.1. The van der Waals surface area contributed by atoms with Crippen LogP contribution < -0.4 is 4.74 Å². The summed E-state index contributed by atoms with van der Waals surface area (Å²) in [5, 5.41) is 9.39. The van der Waals surface area contributed by atoms with Crippen molar-refractivity contribution in [3.8, 4) is 22.8 Å². The normalized spacial score (nSPS) is 12.4. The van der Waals surface area contributed by atoms with Crippen LogP contribution >= 0.6 is 11.8 Å². The number of thioether (sulfide) groups is 1. The Bertz CT molecular complexity index is 1300. The summed E-state index contributed by atoms with van der Waals surface area (Å²) in [6, 6.07) is 23.9. The number of ketones is 1. The highest BCUT2D eigenvalue weighted by molar-refractivity contribution is 8.00. The van der Waals surface area contributed by atoms with Gasteiger partial charge in [0, 0.05) is 16.8 Å². The first-order valence-electron chi connectivity index (χ1n) is 11.7. The van der Waals surface area contributed by atoms with Gasteiger partial charge in [0.25, 0.3) is 0 Å². The van der Waals surface area contributed by atoms with Gasteiger partial charge < -0.3 is 4.74 Å².